The summed E-state index contributed by atoms with van der Waals surface area (Å²) >= 11 is 5.73. The van der Waals surface area contributed by atoms with Crippen LogP contribution >= 0.6 is 11.6 Å². The van der Waals surface area contributed by atoms with Crippen LogP contribution < -0.4 is 16.7 Å². The molecule has 7 heteroatoms. The van der Waals surface area contributed by atoms with Crippen molar-refractivity contribution in [3.63, 3.8) is 0 Å². The van der Waals surface area contributed by atoms with E-state index in [0.717, 1.165) is 0 Å². The maximum absolute atomic E-state index is 13.2. The van der Waals surface area contributed by atoms with Crippen LogP contribution in [-0.2, 0) is 0 Å². The Kier molecular flexibility index (Phi) is 3.87. The van der Waals surface area contributed by atoms with E-state index in [1.54, 1.807) is 11.5 Å². The molecule has 0 atom stereocenters. The van der Waals surface area contributed by atoms with Crippen molar-refractivity contribution < 1.29 is 9.18 Å². The first-order valence-electron chi connectivity index (χ1n) is 5.63. The number of amides is 1. The molecule has 0 saturated heterocycles. The summed E-state index contributed by atoms with van der Waals surface area (Å²) in [5.74, 6) is 3.78. The van der Waals surface area contributed by atoms with Gasteiger partial charge in [-0.25, -0.2) is 10.2 Å². The Bertz CT molecular complexity index is 743. The summed E-state index contributed by atoms with van der Waals surface area (Å²) in [4.78, 5) is 23.2. The van der Waals surface area contributed by atoms with Crippen LogP contribution in [0, 0.1) is 12.7 Å². The molecule has 20 heavy (non-hydrogen) atoms. The van der Waals surface area contributed by atoms with Gasteiger partial charge < -0.3 is 4.57 Å². The van der Waals surface area contributed by atoms with Crippen LogP contribution in [0.2, 0.25) is 5.02 Å². The quantitative estimate of drug-likeness (QED) is 0.501. The number of hydrazine groups is 1. The molecular formula is C13H11ClFN3O2. The lowest BCUT2D eigenvalue weighted by molar-refractivity contribution is 0.0952. The van der Waals surface area contributed by atoms with Crippen molar-refractivity contribution in [2.24, 2.45) is 5.84 Å². The molecule has 0 radical (unpaired) electrons. The zero-order chi connectivity index (χ0) is 14.9. The molecule has 2 aromatic rings. The van der Waals surface area contributed by atoms with E-state index < -0.39 is 17.2 Å². The summed E-state index contributed by atoms with van der Waals surface area (Å²) in [6.45, 7) is 1.68. The maximum Gasteiger partial charge on any atom is 0.270 e. The number of aryl methyl sites for hydroxylation is 1. The Balaban J connectivity index is 2.64. The average molecular weight is 296 g/mol. The van der Waals surface area contributed by atoms with Crippen molar-refractivity contribution in [2.45, 2.75) is 6.92 Å². The predicted molar refractivity (Wildman–Crippen MR) is 73.4 cm³/mol. The summed E-state index contributed by atoms with van der Waals surface area (Å²) in [6.07, 6.45) is 1.34. The van der Waals surface area contributed by atoms with Gasteiger partial charge >= 0.3 is 0 Å². The number of nitrogens with one attached hydrogen (secondary N) is 1. The van der Waals surface area contributed by atoms with Crippen molar-refractivity contribution in [3.8, 4) is 5.69 Å². The van der Waals surface area contributed by atoms with E-state index >= 15 is 0 Å². The third kappa shape index (κ3) is 2.56. The van der Waals surface area contributed by atoms with Crippen LogP contribution in [-0.4, -0.2) is 10.5 Å². The second kappa shape index (κ2) is 5.44. The van der Waals surface area contributed by atoms with Gasteiger partial charge in [-0.3, -0.25) is 15.0 Å². The van der Waals surface area contributed by atoms with Gasteiger partial charge in [0.05, 0.1) is 5.02 Å². The summed E-state index contributed by atoms with van der Waals surface area (Å²) in [7, 11) is 0. The number of nitrogens with two attached hydrogens (primary N) is 1. The number of aromatic nitrogens is 1. The number of carbonyl (C=O) groups excluding carboxylic acids is 1. The number of pyridine rings is 1. The largest absolute Gasteiger partial charge is 0.320 e. The molecule has 5 nitrogen and oxygen atoms in total. The monoisotopic (exact) mass is 295 g/mol. The van der Waals surface area contributed by atoms with Gasteiger partial charge in [0.2, 0.25) is 0 Å². The van der Waals surface area contributed by atoms with Gasteiger partial charge in [0.15, 0.2) is 5.43 Å². The van der Waals surface area contributed by atoms with Gasteiger partial charge in [-0.2, -0.15) is 0 Å². The summed E-state index contributed by atoms with van der Waals surface area (Å²) in [5.41, 5.74) is 2.44. The molecule has 3 N–H and O–H groups in total. The highest BCUT2D eigenvalue weighted by Gasteiger charge is 2.12. The number of hydrogen-bond acceptors (Lipinski definition) is 3. The molecule has 0 fully saturated rings. The molecule has 1 amide bonds. The van der Waals surface area contributed by atoms with E-state index in [4.69, 9.17) is 17.4 Å². The molecule has 0 aliphatic heterocycles. The zero-order valence-corrected chi connectivity index (χ0v) is 11.2. The fourth-order valence-electron chi connectivity index (χ4n) is 1.79. The highest BCUT2D eigenvalue weighted by molar-refractivity contribution is 6.30. The van der Waals surface area contributed by atoms with E-state index in [2.05, 4.69) is 0 Å². The minimum absolute atomic E-state index is 0.0505. The normalized spacial score (nSPS) is 10.4. The Morgan fingerprint density at radius 3 is 2.70 bits per heavy atom. The van der Waals surface area contributed by atoms with Crippen molar-refractivity contribution >= 4 is 17.5 Å². The Hall–Kier alpha value is -2.18. The lowest BCUT2D eigenvalue weighted by atomic mass is 10.2. The van der Waals surface area contributed by atoms with Crippen molar-refractivity contribution in [3.05, 3.63) is 62.8 Å². The number of benzene rings is 1. The lowest BCUT2D eigenvalue weighted by Crippen LogP contribution is -2.34. The third-order valence-electron chi connectivity index (χ3n) is 2.80. The van der Waals surface area contributed by atoms with E-state index in [9.17, 15) is 14.0 Å². The number of nitrogens with zero attached hydrogens (tertiary/aromatic N) is 1. The first-order valence-corrected chi connectivity index (χ1v) is 6.01. The van der Waals surface area contributed by atoms with Gasteiger partial charge in [0.1, 0.15) is 11.4 Å². The summed E-state index contributed by atoms with van der Waals surface area (Å²) in [5, 5.41) is -0.0505. The number of hydrogen-bond donors (Lipinski definition) is 2. The van der Waals surface area contributed by atoms with E-state index in [1.165, 1.54) is 30.5 Å². The average Bonchev–Trinajstić information content (AvgIpc) is 2.41. The first kappa shape index (κ1) is 14.2. The first-order chi connectivity index (χ1) is 9.43. The van der Waals surface area contributed by atoms with Crippen LogP contribution in [0.25, 0.3) is 5.69 Å². The van der Waals surface area contributed by atoms with Crippen LogP contribution in [0.4, 0.5) is 4.39 Å². The van der Waals surface area contributed by atoms with Crippen LogP contribution in [0.3, 0.4) is 0 Å². The molecule has 0 aliphatic carbocycles. The number of halogens is 2. The van der Waals surface area contributed by atoms with Gasteiger partial charge in [-0.1, -0.05) is 11.6 Å². The van der Waals surface area contributed by atoms with Gasteiger partial charge in [0.25, 0.3) is 5.91 Å². The van der Waals surface area contributed by atoms with Crippen molar-refractivity contribution in [1.29, 1.82) is 0 Å². The fraction of sp³-hybridized carbons (Fsp3) is 0.0769. The number of rotatable bonds is 2. The van der Waals surface area contributed by atoms with E-state index in [-0.39, 0.29) is 10.6 Å². The number of carbonyl (C=O) groups is 1. The van der Waals surface area contributed by atoms with Gasteiger partial charge in [-0.15, -0.1) is 0 Å². The Morgan fingerprint density at radius 2 is 2.10 bits per heavy atom. The second-order valence-electron chi connectivity index (χ2n) is 4.13. The fourth-order valence-corrected chi connectivity index (χ4v) is 1.97. The third-order valence-corrected chi connectivity index (χ3v) is 3.09. The molecule has 2 rings (SSSR count). The minimum Gasteiger partial charge on any atom is -0.320 e. The predicted octanol–water partition coefficient (Wildman–Crippen LogP) is 1.54. The molecular weight excluding hydrogens is 285 g/mol. The lowest BCUT2D eigenvalue weighted by Gasteiger charge is -2.12. The molecule has 0 unspecified atom stereocenters. The van der Waals surface area contributed by atoms with Crippen LogP contribution in [0.1, 0.15) is 16.1 Å². The molecule has 0 saturated carbocycles. The Morgan fingerprint density at radius 1 is 1.40 bits per heavy atom. The van der Waals surface area contributed by atoms with Gasteiger partial charge in [-0.05, 0) is 25.1 Å². The SMILES string of the molecule is Cc1cc(=O)c(C(=O)NN)cn1-c1ccc(F)c(Cl)c1. The van der Waals surface area contributed by atoms with Crippen LogP contribution in [0.5, 0.6) is 0 Å². The van der Waals surface area contributed by atoms with E-state index in [1.807, 2.05) is 5.43 Å². The maximum atomic E-state index is 13.2. The molecule has 1 aromatic heterocycles. The van der Waals surface area contributed by atoms with Gasteiger partial charge in [0, 0.05) is 23.6 Å². The second-order valence-corrected chi connectivity index (χ2v) is 4.54. The Labute approximate surface area is 118 Å². The zero-order valence-electron chi connectivity index (χ0n) is 10.5. The molecule has 0 spiro atoms. The smallest absolute Gasteiger partial charge is 0.270 e. The topological polar surface area (TPSA) is 77.1 Å². The highest BCUT2D eigenvalue weighted by atomic mass is 35.5. The summed E-state index contributed by atoms with van der Waals surface area (Å²) in [6, 6.07) is 5.39. The molecule has 0 bridgehead atoms. The molecule has 1 heterocycles. The highest BCUT2D eigenvalue weighted by Crippen LogP contribution is 2.19. The van der Waals surface area contributed by atoms with Crippen molar-refractivity contribution in [1.82, 2.24) is 9.99 Å². The molecule has 104 valence electrons. The molecule has 0 aliphatic rings. The van der Waals surface area contributed by atoms with Crippen LogP contribution in [0.15, 0.2) is 35.3 Å². The van der Waals surface area contributed by atoms with Crippen molar-refractivity contribution in [2.75, 3.05) is 0 Å². The standard InChI is InChI=1S/C13H11ClFN3O2/c1-7-4-12(19)9(13(20)17-16)6-18(7)8-2-3-11(15)10(14)5-8/h2-6H,16H2,1H3,(H,17,20). The minimum atomic E-state index is -0.697. The molecule has 1 aromatic carbocycles. The summed E-state index contributed by atoms with van der Waals surface area (Å²) < 4.78 is 14.7. The number of nitrogen functional groups attached to an aromatic ring is 1. The van der Waals surface area contributed by atoms with E-state index in [0.29, 0.717) is 11.4 Å².